The molecule has 1 aliphatic carbocycles. The fraction of sp³-hybridized carbons (Fsp3) is 0.533. The Morgan fingerprint density at radius 1 is 1.47 bits per heavy atom. The number of nitrogens with one attached hydrogen (secondary N) is 1. The molecule has 0 unspecified atom stereocenters. The van der Waals surface area contributed by atoms with Gasteiger partial charge in [-0.3, -0.25) is 4.79 Å². The maximum absolute atomic E-state index is 13.9. The van der Waals surface area contributed by atoms with Gasteiger partial charge in [0.1, 0.15) is 5.82 Å². The van der Waals surface area contributed by atoms with E-state index in [1.807, 2.05) is 6.92 Å². The zero-order valence-corrected chi connectivity index (χ0v) is 11.6. The quantitative estimate of drug-likeness (QED) is 0.885. The van der Waals surface area contributed by atoms with Gasteiger partial charge in [0.05, 0.1) is 11.3 Å². The number of amides is 1. The number of para-hydroxylation sites is 1. The first-order valence-corrected chi connectivity index (χ1v) is 6.94. The summed E-state index contributed by atoms with van der Waals surface area (Å²) in [6, 6.07) is 4.99. The molecule has 0 aliphatic heterocycles. The SMILES string of the molecule is CCCNc1c(F)cccc1C(=O)N(C)C1CCC1. The molecule has 0 radical (unpaired) electrons. The van der Waals surface area contributed by atoms with Crippen molar-refractivity contribution >= 4 is 11.6 Å². The highest BCUT2D eigenvalue weighted by Crippen LogP contribution is 2.27. The summed E-state index contributed by atoms with van der Waals surface area (Å²) >= 11 is 0. The van der Waals surface area contributed by atoms with Crippen LogP contribution in [0.15, 0.2) is 18.2 Å². The standard InChI is InChI=1S/C15H21FN2O/c1-3-10-17-14-12(8-5-9-13(14)16)15(19)18(2)11-6-4-7-11/h5,8-9,11,17H,3-4,6-7,10H2,1-2H3. The third-order valence-corrected chi connectivity index (χ3v) is 3.74. The molecule has 0 atom stereocenters. The summed E-state index contributed by atoms with van der Waals surface area (Å²) in [6.45, 7) is 2.67. The van der Waals surface area contributed by atoms with E-state index in [9.17, 15) is 9.18 Å². The highest BCUT2D eigenvalue weighted by molar-refractivity contribution is 5.99. The molecule has 0 aromatic heterocycles. The zero-order chi connectivity index (χ0) is 13.8. The average molecular weight is 264 g/mol. The van der Waals surface area contributed by atoms with E-state index in [1.54, 1.807) is 24.1 Å². The molecule has 4 heteroatoms. The molecule has 1 aliphatic rings. The number of hydrogen-bond donors (Lipinski definition) is 1. The second kappa shape index (κ2) is 6.04. The Balaban J connectivity index is 2.22. The van der Waals surface area contributed by atoms with E-state index in [-0.39, 0.29) is 11.7 Å². The Morgan fingerprint density at radius 2 is 2.21 bits per heavy atom. The average Bonchev–Trinajstić information content (AvgIpc) is 2.34. The Kier molecular flexibility index (Phi) is 4.40. The first-order valence-electron chi connectivity index (χ1n) is 6.94. The molecule has 1 fully saturated rings. The van der Waals surface area contributed by atoms with Crippen LogP contribution in [0.3, 0.4) is 0 Å². The summed E-state index contributed by atoms with van der Waals surface area (Å²) < 4.78 is 13.9. The molecule has 19 heavy (non-hydrogen) atoms. The van der Waals surface area contributed by atoms with Crippen LogP contribution in [0.4, 0.5) is 10.1 Å². The van der Waals surface area contributed by atoms with E-state index in [0.717, 1.165) is 19.3 Å². The van der Waals surface area contributed by atoms with Crippen LogP contribution < -0.4 is 5.32 Å². The van der Waals surface area contributed by atoms with Crippen LogP contribution in [0.1, 0.15) is 43.0 Å². The lowest BCUT2D eigenvalue weighted by atomic mass is 9.91. The molecule has 0 saturated heterocycles. The molecule has 3 nitrogen and oxygen atoms in total. The Bertz CT molecular complexity index is 457. The highest BCUT2D eigenvalue weighted by atomic mass is 19.1. The maximum Gasteiger partial charge on any atom is 0.256 e. The zero-order valence-electron chi connectivity index (χ0n) is 11.6. The summed E-state index contributed by atoms with van der Waals surface area (Å²) in [7, 11) is 1.81. The number of carbonyl (C=O) groups excluding carboxylic acids is 1. The van der Waals surface area contributed by atoms with Crippen LogP contribution in [0.25, 0.3) is 0 Å². The molecular weight excluding hydrogens is 243 g/mol. The summed E-state index contributed by atoms with van der Waals surface area (Å²) in [5.41, 5.74) is 0.767. The third-order valence-electron chi connectivity index (χ3n) is 3.74. The van der Waals surface area contributed by atoms with Gasteiger partial charge in [-0.1, -0.05) is 13.0 Å². The van der Waals surface area contributed by atoms with Gasteiger partial charge in [-0.25, -0.2) is 4.39 Å². The van der Waals surface area contributed by atoms with Crippen molar-refractivity contribution in [3.05, 3.63) is 29.6 Å². The number of benzene rings is 1. The molecular formula is C15H21FN2O. The molecule has 0 bridgehead atoms. The van der Waals surface area contributed by atoms with Crippen molar-refractivity contribution in [1.29, 1.82) is 0 Å². The van der Waals surface area contributed by atoms with Gasteiger partial charge in [0, 0.05) is 19.6 Å². The molecule has 0 spiro atoms. The lowest BCUT2D eigenvalue weighted by Gasteiger charge is -2.35. The largest absolute Gasteiger partial charge is 0.382 e. The Labute approximate surface area is 113 Å². The van der Waals surface area contributed by atoms with E-state index in [4.69, 9.17) is 0 Å². The number of nitrogens with zero attached hydrogens (tertiary/aromatic N) is 1. The number of hydrogen-bond acceptors (Lipinski definition) is 2. The Morgan fingerprint density at radius 3 is 2.79 bits per heavy atom. The molecule has 1 N–H and O–H groups in total. The second-order valence-electron chi connectivity index (χ2n) is 5.09. The van der Waals surface area contributed by atoms with Crippen LogP contribution in [0.2, 0.25) is 0 Å². The van der Waals surface area contributed by atoms with Crippen LogP contribution in [0.5, 0.6) is 0 Å². The number of halogens is 1. The van der Waals surface area contributed by atoms with E-state index >= 15 is 0 Å². The first-order chi connectivity index (χ1) is 9.15. The van der Waals surface area contributed by atoms with Crippen molar-refractivity contribution in [1.82, 2.24) is 4.90 Å². The smallest absolute Gasteiger partial charge is 0.256 e. The first kappa shape index (κ1) is 13.8. The normalized spacial score (nSPS) is 14.9. The number of rotatable bonds is 5. The molecule has 0 heterocycles. The van der Waals surface area contributed by atoms with Gasteiger partial charge in [-0.2, -0.15) is 0 Å². The van der Waals surface area contributed by atoms with Gasteiger partial charge in [0.15, 0.2) is 0 Å². The van der Waals surface area contributed by atoms with E-state index in [0.29, 0.717) is 23.8 Å². The molecule has 1 amide bonds. The number of anilines is 1. The van der Waals surface area contributed by atoms with Crippen LogP contribution in [-0.4, -0.2) is 30.4 Å². The predicted molar refractivity (Wildman–Crippen MR) is 74.9 cm³/mol. The summed E-state index contributed by atoms with van der Waals surface area (Å²) in [4.78, 5) is 14.2. The van der Waals surface area contributed by atoms with Gasteiger partial charge >= 0.3 is 0 Å². The topological polar surface area (TPSA) is 32.3 Å². The molecule has 104 valence electrons. The minimum absolute atomic E-state index is 0.0946. The Hall–Kier alpha value is -1.58. The minimum Gasteiger partial charge on any atom is -0.382 e. The molecule has 1 saturated carbocycles. The van der Waals surface area contributed by atoms with Crippen LogP contribution in [-0.2, 0) is 0 Å². The molecule has 1 aromatic carbocycles. The van der Waals surface area contributed by atoms with Gasteiger partial charge in [-0.15, -0.1) is 0 Å². The lowest BCUT2D eigenvalue weighted by Crippen LogP contribution is -2.41. The van der Waals surface area contributed by atoms with Gasteiger partial charge in [-0.05, 0) is 37.8 Å². The maximum atomic E-state index is 13.9. The van der Waals surface area contributed by atoms with Crippen molar-refractivity contribution in [3.8, 4) is 0 Å². The van der Waals surface area contributed by atoms with Gasteiger partial charge in [0.2, 0.25) is 0 Å². The van der Waals surface area contributed by atoms with Crippen LogP contribution in [0, 0.1) is 5.82 Å². The van der Waals surface area contributed by atoms with Crippen molar-refractivity contribution in [2.45, 2.75) is 38.6 Å². The van der Waals surface area contributed by atoms with Gasteiger partial charge in [0.25, 0.3) is 5.91 Å². The summed E-state index contributed by atoms with van der Waals surface area (Å²) in [5, 5.41) is 3.02. The predicted octanol–water partition coefficient (Wildman–Crippen LogP) is 3.27. The van der Waals surface area contributed by atoms with Gasteiger partial charge < -0.3 is 10.2 Å². The van der Waals surface area contributed by atoms with E-state index < -0.39 is 0 Å². The van der Waals surface area contributed by atoms with Crippen molar-refractivity contribution < 1.29 is 9.18 Å². The summed E-state index contributed by atoms with van der Waals surface area (Å²) in [5.74, 6) is -0.455. The fourth-order valence-electron chi connectivity index (χ4n) is 2.26. The van der Waals surface area contributed by atoms with Crippen molar-refractivity contribution in [3.63, 3.8) is 0 Å². The summed E-state index contributed by atoms with van der Waals surface area (Å²) in [6.07, 6.45) is 4.16. The van der Waals surface area contributed by atoms with Crippen LogP contribution >= 0.6 is 0 Å². The second-order valence-corrected chi connectivity index (χ2v) is 5.09. The number of carbonyl (C=O) groups is 1. The molecule has 1 aromatic rings. The minimum atomic E-state index is -0.360. The monoisotopic (exact) mass is 264 g/mol. The van der Waals surface area contributed by atoms with E-state index in [1.165, 1.54) is 12.5 Å². The fourth-order valence-corrected chi connectivity index (χ4v) is 2.26. The molecule has 2 rings (SSSR count). The third kappa shape index (κ3) is 2.88. The van der Waals surface area contributed by atoms with Crippen molar-refractivity contribution in [2.75, 3.05) is 18.9 Å². The highest BCUT2D eigenvalue weighted by Gasteiger charge is 2.28. The van der Waals surface area contributed by atoms with E-state index in [2.05, 4.69) is 5.32 Å². The lowest BCUT2D eigenvalue weighted by molar-refractivity contribution is 0.0652. The van der Waals surface area contributed by atoms with Crippen molar-refractivity contribution in [2.24, 2.45) is 0 Å².